The van der Waals surface area contributed by atoms with Crippen molar-refractivity contribution >= 4 is 22.5 Å². The number of hydrogen-bond donors (Lipinski definition) is 0. The molecule has 0 saturated carbocycles. The van der Waals surface area contributed by atoms with Gasteiger partial charge in [0, 0.05) is 30.6 Å². The van der Waals surface area contributed by atoms with Gasteiger partial charge in [-0.1, -0.05) is 24.3 Å². The van der Waals surface area contributed by atoms with Crippen LogP contribution in [-0.2, 0) is 16.0 Å². The Kier molecular flexibility index (Phi) is 6.34. The number of aromatic nitrogens is 1. The van der Waals surface area contributed by atoms with Crippen molar-refractivity contribution in [2.45, 2.75) is 20.4 Å². The van der Waals surface area contributed by atoms with E-state index in [4.69, 9.17) is 14.2 Å². The molecule has 0 fully saturated rings. The molecule has 0 aliphatic rings. The molecule has 0 atom stereocenters. The van der Waals surface area contributed by atoms with Gasteiger partial charge in [0.2, 0.25) is 5.78 Å². The maximum atomic E-state index is 12.7. The molecule has 1 heterocycles. The second-order valence-corrected chi connectivity index (χ2v) is 6.83. The molecule has 6 nitrogen and oxygen atoms in total. The number of benzene rings is 2. The van der Waals surface area contributed by atoms with Gasteiger partial charge in [0.15, 0.2) is 6.61 Å². The van der Waals surface area contributed by atoms with Gasteiger partial charge in [-0.2, -0.15) is 0 Å². The van der Waals surface area contributed by atoms with Gasteiger partial charge in [-0.3, -0.25) is 4.79 Å². The molecule has 29 heavy (non-hydrogen) atoms. The fourth-order valence-electron chi connectivity index (χ4n) is 3.44. The number of carbonyl (C=O) groups is 2. The summed E-state index contributed by atoms with van der Waals surface area (Å²) in [4.78, 5) is 25.3. The van der Waals surface area contributed by atoms with Crippen LogP contribution in [0, 0.1) is 13.8 Å². The van der Waals surface area contributed by atoms with E-state index in [1.165, 1.54) is 7.11 Å². The molecule has 0 amide bonds. The molecule has 3 aromatic rings. The van der Waals surface area contributed by atoms with E-state index in [-0.39, 0.29) is 12.4 Å². The van der Waals surface area contributed by atoms with E-state index in [9.17, 15) is 9.59 Å². The Labute approximate surface area is 170 Å². The third-order valence-electron chi connectivity index (χ3n) is 5.02. The van der Waals surface area contributed by atoms with E-state index < -0.39 is 5.97 Å². The summed E-state index contributed by atoms with van der Waals surface area (Å²) in [6.45, 7) is 4.70. The van der Waals surface area contributed by atoms with Crippen LogP contribution in [0.3, 0.4) is 0 Å². The summed E-state index contributed by atoms with van der Waals surface area (Å²) in [5.41, 5.74) is 2.65. The van der Waals surface area contributed by atoms with Gasteiger partial charge < -0.3 is 18.8 Å². The second kappa shape index (κ2) is 8.92. The average molecular weight is 395 g/mol. The first kappa shape index (κ1) is 20.6. The molecule has 3 rings (SSSR count). The Bertz CT molecular complexity index is 1050. The summed E-state index contributed by atoms with van der Waals surface area (Å²) in [5.74, 6) is -0.414. The Hall–Kier alpha value is -3.12. The van der Waals surface area contributed by atoms with Crippen LogP contribution < -0.4 is 4.74 Å². The second-order valence-electron chi connectivity index (χ2n) is 6.83. The summed E-state index contributed by atoms with van der Waals surface area (Å²) >= 11 is 0. The number of hydrogen-bond acceptors (Lipinski definition) is 5. The van der Waals surface area contributed by atoms with Crippen LogP contribution in [0.2, 0.25) is 0 Å². The highest BCUT2D eigenvalue weighted by Crippen LogP contribution is 2.26. The van der Waals surface area contributed by atoms with Crippen LogP contribution >= 0.6 is 0 Å². The van der Waals surface area contributed by atoms with Crippen LogP contribution in [0.4, 0.5) is 0 Å². The van der Waals surface area contributed by atoms with Crippen molar-refractivity contribution in [3.05, 3.63) is 65.0 Å². The largest absolute Gasteiger partial charge is 0.496 e. The minimum atomic E-state index is -0.589. The number of rotatable bonds is 8. The molecule has 6 heteroatoms. The standard InChI is InChI=1S/C23H25NO5/c1-15-11-19(16(2)24(15)9-10-27-3)21(25)14-29-23(26)20-12-17-7-5-6-8-18(17)13-22(20)28-4/h5-8,11-13H,9-10,14H2,1-4H3. The number of methoxy groups -OCH3 is 2. The van der Waals surface area contributed by atoms with Crippen LogP contribution in [0.5, 0.6) is 5.75 Å². The van der Waals surface area contributed by atoms with Gasteiger partial charge in [-0.15, -0.1) is 0 Å². The zero-order valence-corrected chi connectivity index (χ0v) is 17.2. The molecule has 0 aliphatic carbocycles. The SMILES string of the molecule is COCCn1c(C)cc(C(=O)COC(=O)c2cc3ccccc3cc2OC)c1C. The molecule has 1 aromatic heterocycles. The average Bonchev–Trinajstić information content (AvgIpc) is 3.02. The zero-order valence-electron chi connectivity index (χ0n) is 17.2. The predicted molar refractivity (Wildman–Crippen MR) is 111 cm³/mol. The highest BCUT2D eigenvalue weighted by molar-refractivity contribution is 6.02. The molecule has 2 aromatic carbocycles. The number of fused-ring (bicyclic) bond motifs is 1. The Morgan fingerprint density at radius 2 is 1.66 bits per heavy atom. The normalized spacial score (nSPS) is 10.9. The Morgan fingerprint density at radius 1 is 0.966 bits per heavy atom. The van der Waals surface area contributed by atoms with Crippen LogP contribution in [0.15, 0.2) is 42.5 Å². The lowest BCUT2D eigenvalue weighted by Crippen LogP contribution is -2.16. The summed E-state index contributed by atoms with van der Waals surface area (Å²) in [6, 6.07) is 13.0. The van der Waals surface area contributed by atoms with Crippen molar-refractivity contribution in [2.75, 3.05) is 27.4 Å². The number of Topliss-reactive ketones (excluding diaryl/α,β-unsaturated/α-hetero) is 1. The zero-order chi connectivity index (χ0) is 21.0. The number of ether oxygens (including phenoxy) is 3. The summed E-state index contributed by atoms with van der Waals surface area (Å²) < 4.78 is 17.8. The van der Waals surface area contributed by atoms with E-state index in [0.717, 1.165) is 22.2 Å². The van der Waals surface area contributed by atoms with Gasteiger partial charge in [-0.05, 0) is 42.8 Å². The van der Waals surface area contributed by atoms with E-state index in [1.807, 2.05) is 48.7 Å². The maximum Gasteiger partial charge on any atom is 0.342 e. The van der Waals surface area contributed by atoms with E-state index in [0.29, 0.717) is 30.0 Å². The first-order chi connectivity index (χ1) is 14.0. The number of ketones is 1. The summed E-state index contributed by atoms with van der Waals surface area (Å²) in [5, 5.41) is 1.86. The summed E-state index contributed by atoms with van der Waals surface area (Å²) in [7, 11) is 3.14. The number of esters is 1. The van der Waals surface area contributed by atoms with Gasteiger partial charge >= 0.3 is 5.97 Å². The first-order valence-corrected chi connectivity index (χ1v) is 9.39. The van der Waals surface area contributed by atoms with Crippen molar-refractivity contribution in [2.24, 2.45) is 0 Å². The minimum absolute atomic E-state index is 0.241. The van der Waals surface area contributed by atoms with Crippen LogP contribution in [-0.4, -0.2) is 43.8 Å². The topological polar surface area (TPSA) is 66.8 Å². The predicted octanol–water partition coefficient (Wildman–Crippen LogP) is 3.95. The molecule has 0 N–H and O–H groups in total. The maximum absolute atomic E-state index is 12.7. The molecule has 0 aliphatic heterocycles. The van der Waals surface area contributed by atoms with E-state index in [2.05, 4.69) is 0 Å². The van der Waals surface area contributed by atoms with Crippen LogP contribution in [0.1, 0.15) is 32.1 Å². The molecular formula is C23H25NO5. The van der Waals surface area contributed by atoms with Gasteiger partial charge in [0.05, 0.1) is 13.7 Å². The molecule has 0 radical (unpaired) electrons. The summed E-state index contributed by atoms with van der Waals surface area (Å²) in [6.07, 6.45) is 0. The molecule has 152 valence electrons. The van der Waals surface area contributed by atoms with Crippen molar-refractivity contribution < 1.29 is 23.8 Å². The molecular weight excluding hydrogens is 370 g/mol. The lowest BCUT2D eigenvalue weighted by molar-refractivity contribution is 0.0471. The smallest absolute Gasteiger partial charge is 0.342 e. The van der Waals surface area contributed by atoms with E-state index in [1.54, 1.807) is 19.2 Å². The van der Waals surface area contributed by atoms with Crippen molar-refractivity contribution in [1.82, 2.24) is 4.57 Å². The van der Waals surface area contributed by atoms with Crippen molar-refractivity contribution in [3.63, 3.8) is 0 Å². The number of aryl methyl sites for hydroxylation is 1. The molecule has 0 unspecified atom stereocenters. The van der Waals surface area contributed by atoms with Gasteiger partial charge in [0.1, 0.15) is 11.3 Å². The third kappa shape index (κ3) is 4.32. The lowest BCUT2D eigenvalue weighted by Gasteiger charge is -2.11. The third-order valence-corrected chi connectivity index (χ3v) is 5.02. The Balaban J connectivity index is 1.76. The molecule has 0 spiro atoms. The van der Waals surface area contributed by atoms with Gasteiger partial charge in [0.25, 0.3) is 0 Å². The molecule has 0 saturated heterocycles. The quantitative estimate of drug-likeness (QED) is 0.427. The fraction of sp³-hybridized carbons (Fsp3) is 0.304. The lowest BCUT2D eigenvalue weighted by atomic mass is 10.1. The fourth-order valence-corrected chi connectivity index (χ4v) is 3.44. The van der Waals surface area contributed by atoms with Crippen LogP contribution in [0.25, 0.3) is 10.8 Å². The van der Waals surface area contributed by atoms with Crippen molar-refractivity contribution in [3.8, 4) is 5.75 Å². The van der Waals surface area contributed by atoms with Gasteiger partial charge in [-0.25, -0.2) is 4.79 Å². The number of carbonyl (C=O) groups excluding carboxylic acids is 2. The number of nitrogens with zero attached hydrogens (tertiary/aromatic N) is 1. The highest BCUT2D eigenvalue weighted by Gasteiger charge is 2.20. The highest BCUT2D eigenvalue weighted by atomic mass is 16.5. The van der Waals surface area contributed by atoms with E-state index >= 15 is 0 Å². The monoisotopic (exact) mass is 395 g/mol. The minimum Gasteiger partial charge on any atom is -0.496 e. The molecule has 0 bridgehead atoms. The van der Waals surface area contributed by atoms with Crippen molar-refractivity contribution in [1.29, 1.82) is 0 Å². The first-order valence-electron chi connectivity index (χ1n) is 9.39. The Morgan fingerprint density at radius 3 is 2.31 bits per heavy atom.